The van der Waals surface area contributed by atoms with Gasteiger partial charge in [0.1, 0.15) is 0 Å². The SMILES string of the molecule is CCC(CC)(c1ccc(CCC2(O[Si](C)(C)C)CCCC2)c(C)c1)c1ccc(B2OC(C)(C)C(C)(C)O2)c(C)c1. The Morgan fingerprint density at radius 3 is 1.82 bits per heavy atom. The summed E-state index contributed by atoms with van der Waals surface area (Å²) in [5, 5.41) is 0. The van der Waals surface area contributed by atoms with Crippen molar-refractivity contribution >= 4 is 20.9 Å². The van der Waals surface area contributed by atoms with Crippen molar-refractivity contribution in [2.75, 3.05) is 0 Å². The monoisotopic (exact) mass is 562 g/mol. The number of hydrogen-bond donors (Lipinski definition) is 0. The van der Waals surface area contributed by atoms with Crippen LogP contribution in [0, 0.1) is 13.8 Å². The molecular formula is C35H55BO3Si. The molecule has 1 aliphatic heterocycles. The standard InChI is InChI=1S/C35H55BO3Si/c1-12-35(13-2,30-18-19-31(27(4)25-30)36-37-32(5,6)33(7,8)38-36)29-17-16-28(26(3)24-29)20-23-34(21-14-15-22-34)39-40(9,10)11/h16-19,24-25H,12-15,20-23H2,1-11H3. The Kier molecular flexibility index (Phi) is 8.95. The third kappa shape index (κ3) is 6.19. The van der Waals surface area contributed by atoms with Crippen LogP contribution in [-0.2, 0) is 25.6 Å². The molecule has 0 unspecified atom stereocenters. The van der Waals surface area contributed by atoms with E-state index in [1.807, 2.05) is 0 Å². The smallest absolute Gasteiger partial charge is 0.412 e. The largest absolute Gasteiger partial charge is 0.495 e. The summed E-state index contributed by atoms with van der Waals surface area (Å²) >= 11 is 0. The van der Waals surface area contributed by atoms with E-state index in [1.54, 1.807) is 0 Å². The number of rotatable bonds is 10. The van der Waals surface area contributed by atoms with Crippen molar-refractivity contribution in [2.45, 2.75) is 149 Å². The van der Waals surface area contributed by atoms with Gasteiger partial charge in [-0.25, -0.2) is 0 Å². The summed E-state index contributed by atoms with van der Waals surface area (Å²) in [5.41, 5.74) is 7.48. The van der Waals surface area contributed by atoms with Crippen molar-refractivity contribution in [1.29, 1.82) is 0 Å². The first-order valence-corrected chi connectivity index (χ1v) is 19.2. The fourth-order valence-corrected chi connectivity index (χ4v) is 8.75. The fourth-order valence-electron chi connectivity index (χ4n) is 7.15. The molecule has 2 aromatic rings. The molecule has 1 saturated heterocycles. The van der Waals surface area contributed by atoms with E-state index in [0.29, 0.717) is 0 Å². The Morgan fingerprint density at radius 1 is 0.825 bits per heavy atom. The number of aryl methyl sites for hydroxylation is 3. The second-order valence-corrected chi connectivity index (χ2v) is 19.1. The second-order valence-electron chi connectivity index (χ2n) is 14.7. The maximum atomic E-state index is 6.82. The van der Waals surface area contributed by atoms with Gasteiger partial charge in [0.25, 0.3) is 0 Å². The lowest BCUT2D eigenvalue weighted by atomic mass is 9.67. The first-order chi connectivity index (χ1) is 18.6. The van der Waals surface area contributed by atoms with Gasteiger partial charge in [0.2, 0.25) is 0 Å². The van der Waals surface area contributed by atoms with Gasteiger partial charge in [-0.2, -0.15) is 0 Å². The zero-order valence-corrected chi connectivity index (χ0v) is 28.4. The van der Waals surface area contributed by atoms with Crippen LogP contribution in [-0.4, -0.2) is 32.2 Å². The summed E-state index contributed by atoms with van der Waals surface area (Å²) in [5.74, 6) is 0. The molecule has 0 spiro atoms. The van der Waals surface area contributed by atoms with Gasteiger partial charge in [0.05, 0.1) is 16.8 Å². The maximum Gasteiger partial charge on any atom is 0.495 e. The normalized spacial score (nSPS) is 20.3. The highest BCUT2D eigenvalue weighted by atomic mass is 28.4. The van der Waals surface area contributed by atoms with Crippen LogP contribution in [0.5, 0.6) is 0 Å². The number of hydrogen-bond acceptors (Lipinski definition) is 3. The first-order valence-electron chi connectivity index (χ1n) is 15.8. The van der Waals surface area contributed by atoms with Crippen molar-refractivity contribution in [3.05, 3.63) is 64.2 Å². The zero-order chi connectivity index (χ0) is 29.6. The third-order valence-corrected chi connectivity index (χ3v) is 11.4. The Morgan fingerprint density at radius 2 is 1.35 bits per heavy atom. The Hall–Kier alpha value is -1.40. The summed E-state index contributed by atoms with van der Waals surface area (Å²) in [6, 6.07) is 14.2. The first kappa shape index (κ1) is 31.5. The Labute approximate surface area is 247 Å². The van der Waals surface area contributed by atoms with E-state index in [1.165, 1.54) is 53.5 Å². The minimum absolute atomic E-state index is 0.0177. The lowest BCUT2D eigenvalue weighted by molar-refractivity contribution is 0.00578. The highest BCUT2D eigenvalue weighted by Gasteiger charge is 2.52. The molecule has 1 saturated carbocycles. The molecule has 0 bridgehead atoms. The van der Waals surface area contributed by atoms with Crippen molar-refractivity contribution in [2.24, 2.45) is 0 Å². The van der Waals surface area contributed by atoms with Crippen LogP contribution in [0.4, 0.5) is 0 Å². The third-order valence-electron chi connectivity index (χ3n) is 10.3. The minimum atomic E-state index is -1.58. The molecule has 0 atom stereocenters. The van der Waals surface area contributed by atoms with Crippen LogP contribution in [0.1, 0.15) is 114 Å². The van der Waals surface area contributed by atoms with Crippen LogP contribution in [0.25, 0.3) is 0 Å². The molecule has 4 rings (SSSR count). The van der Waals surface area contributed by atoms with Crippen LogP contribution >= 0.6 is 0 Å². The molecule has 1 aliphatic carbocycles. The van der Waals surface area contributed by atoms with E-state index in [0.717, 1.165) is 31.1 Å². The summed E-state index contributed by atoms with van der Waals surface area (Å²) in [4.78, 5) is 0. The molecule has 2 fully saturated rings. The van der Waals surface area contributed by atoms with Crippen LogP contribution in [0.2, 0.25) is 19.6 Å². The molecule has 40 heavy (non-hydrogen) atoms. The van der Waals surface area contributed by atoms with Gasteiger partial charge in [0, 0.05) is 5.41 Å². The highest BCUT2D eigenvalue weighted by molar-refractivity contribution is 6.69. The van der Waals surface area contributed by atoms with Gasteiger partial charge in [0.15, 0.2) is 8.32 Å². The van der Waals surface area contributed by atoms with Gasteiger partial charge >= 0.3 is 7.12 Å². The van der Waals surface area contributed by atoms with Crippen molar-refractivity contribution in [3.8, 4) is 0 Å². The van der Waals surface area contributed by atoms with Crippen LogP contribution in [0.15, 0.2) is 36.4 Å². The van der Waals surface area contributed by atoms with Crippen molar-refractivity contribution < 1.29 is 13.7 Å². The van der Waals surface area contributed by atoms with Gasteiger partial charge in [-0.3, -0.25) is 0 Å². The molecule has 0 radical (unpaired) electrons. The van der Waals surface area contributed by atoms with E-state index >= 15 is 0 Å². The van der Waals surface area contributed by atoms with Gasteiger partial charge in [-0.05, 0) is 127 Å². The molecule has 0 amide bonds. The van der Waals surface area contributed by atoms with E-state index in [9.17, 15) is 0 Å². The van der Waals surface area contributed by atoms with Gasteiger partial charge < -0.3 is 13.7 Å². The number of benzene rings is 2. The van der Waals surface area contributed by atoms with E-state index < -0.39 is 8.32 Å². The lowest BCUT2D eigenvalue weighted by Gasteiger charge is -2.37. The zero-order valence-electron chi connectivity index (χ0n) is 27.4. The fraction of sp³-hybridized carbons (Fsp3) is 0.657. The van der Waals surface area contributed by atoms with E-state index in [4.69, 9.17) is 13.7 Å². The van der Waals surface area contributed by atoms with Crippen LogP contribution in [0.3, 0.4) is 0 Å². The summed E-state index contributed by atoms with van der Waals surface area (Å²) < 4.78 is 19.6. The summed E-state index contributed by atoms with van der Waals surface area (Å²) in [7, 11) is -1.90. The Balaban J connectivity index is 1.58. The Bertz CT molecular complexity index is 1170. The van der Waals surface area contributed by atoms with Crippen molar-refractivity contribution in [1.82, 2.24) is 0 Å². The summed E-state index contributed by atoms with van der Waals surface area (Å²) in [6.07, 6.45) is 9.44. The molecule has 1 heterocycles. The van der Waals surface area contributed by atoms with E-state index in [-0.39, 0.29) is 29.3 Å². The lowest BCUT2D eigenvalue weighted by Crippen LogP contribution is -2.41. The molecule has 220 valence electrons. The minimum Gasteiger partial charge on any atom is -0.412 e. The average Bonchev–Trinajstić information content (AvgIpc) is 3.39. The quantitative estimate of drug-likeness (QED) is 0.271. The second kappa shape index (κ2) is 11.4. The molecule has 3 nitrogen and oxygen atoms in total. The molecule has 2 aromatic carbocycles. The van der Waals surface area contributed by atoms with Gasteiger partial charge in [-0.15, -0.1) is 0 Å². The highest BCUT2D eigenvalue weighted by Crippen LogP contribution is 2.42. The van der Waals surface area contributed by atoms with Gasteiger partial charge in [-0.1, -0.05) is 68.7 Å². The molecule has 2 aliphatic rings. The molecular weight excluding hydrogens is 507 g/mol. The van der Waals surface area contributed by atoms with Crippen LogP contribution < -0.4 is 5.46 Å². The molecule has 0 N–H and O–H groups in total. The summed E-state index contributed by atoms with van der Waals surface area (Å²) in [6.45, 7) is 24.7. The maximum absolute atomic E-state index is 6.82. The predicted octanol–water partition coefficient (Wildman–Crippen LogP) is 8.81. The molecule has 0 aromatic heterocycles. The van der Waals surface area contributed by atoms with Crippen molar-refractivity contribution in [3.63, 3.8) is 0 Å². The predicted molar refractivity (Wildman–Crippen MR) is 173 cm³/mol. The average molecular weight is 563 g/mol. The topological polar surface area (TPSA) is 27.7 Å². The molecule has 5 heteroatoms. The van der Waals surface area contributed by atoms with E-state index in [2.05, 4.69) is 111 Å².